The number of carbonyl (C=O) groups is 4. The van der Waals surface area contributed by atoms with Crippen LogP contribution in [0.4, 0.5) is 0 Å². The lowest BCUT2D eigenvalue weighted by molar-refractivity contribution is -0.148. The Hall–Kier alpha value is -2.46. The van der Waals surface area contributed by atoms with Crippen molar-refractivity contribution in [3.63, 3.8) is 0 Å². The SMILES string of the molecule is C=CCC[C@@H](OC)[C@@H](C)C(=O)N[C@H](C(=O)N[C@@H](C)C(=O)N1CCCC(C(=O)O)N1)C(C)C. The molecule has 5 atom stereocenters. The molecule has 0 radical (unpaired) electrons. The maximum atomic E-state index is 12.9. The van der Waals surface area contributed by atoms with Gasteiger partial charge in [-0.15, -0.1) is 6.58 Å². The molecular formula is C22H38N4O6. The van der Waals surface area contributed by atoms with Crippen molar-refractivity contribution in [2.75, 3.05) is 13.7 Å². The van der Waals surface area contributed by atoms with Crippen LogP contribution in [0, 0.1) is 11.8 Å². The normalized spacial score (nSPS) is 20.1. The van der Waals surface area contributed by atoms with Crippen LogP contribution >= 0.6 is 0 Å². The summed E-state index contributed by atoms with van der Waals surface area (Å²) >= 11 is 0. The highest BCUT2D eigenvalue weighted by Gasteiger charge is 2.33. The molecule has 0 aromatic rings. The fraction of sp³-hybridized carbons (Fsp3) is 0.727. The molecule has 10 heteroatoms. The average molecular weight is 455 g/mol. The van der Waals surface area contributed by atoms with Gasteiger partial charge in [0.1, 0.15) is 18.1 Å². The average Bonchev–Trinajstić information content (AvgIpc) is 2.76. The van der Waals surface area contributed by atoms with Gasteiger partial charge in [-0.3, -0.25) is 24.2 Å². The van der Waals surface area contributed by atoms with Gasteiger partial charge in [-0.1, -0.05) is 26.8 Å². The van der Waals surface area contributed by atoms with Gasteiger partial charge in [0.2, 0.25) is 11.8 Å². The molecule has 0 aromatic heterocycles. The van der Waals surface area contributed by atoms with E-state index in [0.717, 1.165) is 0 Å². The first-order valence-electron chi connectivity index (χ1n) is 11.1. The maximum absolute atomic E-state index is 12.9. The van der Waals surface area contributed by atoms with Crippen LogP contribution in [0.25, 0.3) is 0 Å². The third kappa shape index (κ3) is 7.90. The second kappa shape index (κ2) is 13.2. The first-order valence-corrected chi connectivity index (χ1v) is 11.1. The van der Waals surface area contributed by atoms with Crippen LogP contribution in [0.15, 0.2) is 12.7 Å². The second-order valence-electron chi connectivity index (χ2n) is 8.54. The number of nitrogens with one attached hydrogen (secondary N) is 3. The molecule has 1 fully saturated rings. The van der Waals surface area contributed by atoms with E-state index in [1.54, 1.807) is 34.0 Å². The van der Waals surface area contributed by atoms with Crippen molar-refractivity contribution >= 4 is 23.7 Å². The van der Waals surface area contributed by atoms with Gasteiger partial charge in [0.05, 0.1) is 12.0 Å². The minimum Gasteiger partial charge on any atom is -0.480 e. The minimum absolute atomic E-state index is 0.216. The van der Waals surface area contributed by atoms with E-state index in [4.69, 9.17) is 9.84 Å². The molecule has 182 valence electrons. The Bertz CT molecular complexity index is 683. The summed E-state index contributed by atoms with van der Waals surface area (Å²) in [5.41, 5.74) is 2.68. The van der Waals surface area contributed by atoms with Crippen LogP contribution in [-0.2, 0) is 23.9 Å². The zero-order valence-electron chi connectivity index (χ0n) is 19.7. The van der Waals surface area contributed by atoms with Crippen molar-refractivity contribution in [2.24, 2.45) is 11.8 Å². The van der Waals surface area contributed by atoms with Crippen LogP contribution in [-0.4, -0.2) is 71.7 Å². The topological polar surface area (TPSA) is 137 Å². The molecule has 1 unspecified atom stereocenters. The first kappa shape index (κ1) is 27.6. The number of rotatable bonds is 12. The second-order valence-corrected chi connectivity index (χ2v) is 8.54. The van der Waals surface area contributed by atoms with Gasteiger partial charge in [-0.25, -0.2) is 5.43 Å². The maximum Gasteiger partial charge on any atom is 0.322 e. The van der Waals surface area contributed by atoms with Gasteiger partial charge in [-0.05, 0) is 38.5 Å². The fourth-order valence-corrected chi connectivity index (χ4v) is 3.56. The summed E-state index contributed by atoms with van der Waals surface area (Å²) in [5, 5.41) is 15.8. The molecule has 0 saturated carbocycles. The van der Waals surface area contributed by atoms with E-state index in [-0.39, 0.29) is 17.9 Å². The van der Waals surface area contributed by atoms with Crippen molar-refractivity contribution < 1.29 is 29.0 Å². The lowest BCUT2D eigenvalue weighted by atomic mass is 9.97. The van der Waals surface area contributed by atoms with Gasteiger partial charge in [0.15, 0.2) is 0 Å². The lowest BCUT2D eigenvalue weighted by Gasteiger charge is -2.34. The van der Waals surface area contributed by atoms with E-state index in [0.29, 0.717) is 32.2 Å². The number of carboxylic acids is 1. The molecule has 1 saturated heterocycles. The molecule has 0 aliphatic carbocycles. The van der Waals surface area contributed by atoms with E-state index in [1.807, 2.05) is 0 Å². The summed E-state index contributed by atoms with van der Waals surface area (Å²) in [6.45, 7) is 10.9. The number of ether oxygens (including phenoxy) is 1. The highest BCUT2D eigenvalue weighted by molar-refractivity contribution is 5.92. The van der Waals surface area contributed by atoms with E-state index in [2.05, 4.69) is 22.6 Å². The number of carboxylic acid groups (broad SMARTS) is 1. The Morgan fingerprint density at radius 3 is 2.38 bits per heavy atom. The quantitative estimate of drug-likeness (QED) is 0.321. The summed E-state index contributed by atoms with van der Waals surface area (Å²) in [7, 11) is 1.54. The third-order valence-electron chi connectivity index (χ3n) is 5.66. The van der Waals surface area contributed by atoms with Gasteiger partial charge in [0.25, 0.3) is 5.91 Å². The first-order chi connectivity index (χ1) is 15.0. The molecule has 1 aliphatic heterocycles. The number of hydrogen-bond donors (Lipinski definition) is 4. The minimum atomic E-state index is -1.03. The largest absolute Gasteiger partial charge is 0.480 e. The molecule has 32 heavy (non-hydrogen) atoms. The van der Waals surface area contributed by atoms with Crippen molar-refractivity contribution in [3.05, 3.63) is 12.7 Å². The number of allylic oxidation sites excluding steroid dienone is 1. The van der Waals surface area contributed by atoms with Crippen LogP contribution in [0.2, 0.25) is 0 Å². The highest BCUT2D eigenvalue weighted by Crippen LogP contribution is 2.15. The Balaban J connectivity index is 2.75. The molecule has 3 amide bonds. The van der Waals surface area contributed by atoms with Crippen molar-refractivity contribution in [2.45, 2.75) is 77.6 Å². The Labute approximate surface area is 190 Å². The standard InChI is InChI=1S/C22H38N4O6/c1-7-8-11-17(32-6)14(4)19(27)24-18(13(2)3)20(28)23-15(5)21(29)26-12-9-10-16(25-26)22(30)31/h7,13-18,25H,1,8-12H2,2-6H3,(H,23,28)(H,24,27)(H,30,31)/t14-,15+,16?,17-,18+/m1/s1. The Morgan fingerprint density at radius 2 is 1.84 bits per heavy atom. The van der Waals surface area contributed by atoms with Crippen LogP contribution in [0.3, 0.4) is 0 Å². The number of amides is 3. The van der Waals surface area contributed by atoms with Gasteiger partial charge in [-0.2, -0.15) is 0 Å². The Kier molecular flexibility index (Phi) is 11.3. The summed E-state index contributed by atoms with van der Waals surface area (Å²) in [6.07, 6.45) is 3.77. The monoisotopic (exact) mass is 454 g/mol. The highest BCUT2D eigenvalue weighted by atomic mass is 16.5. The zero-order valence-corrected chi connectivity index (χ0v) is 19.7. The molecule has 1 rings (SSSR count). The molecule has 0 bridgehead atoms. The lowest BCUT2D eigenvalue weighted by Crippen LogP contribution is -2.61. The van der Waals surface area contributed by atoms with E-state index in [9.17, 15) is 19.2 Å². The fourth-order valence-electron chi connectivity index (χ4n) is 3.56. The summed E-state index contributed by atoms with van der Waals surface area (Å²) in [6, 6.07) is -2.56. The van der Waals surface area contributed by atoms with Gasteiger partial charge < -0.3 is 20.5 Å². The zero-order chi connectivity index (χ0) is 24.4. The van der Waals surface area contributed by atoms with Crippen molar-refractivity contribution in [3.8, 4) is 0 Å². The molecule has 1 heterocycles. The number of carbonyl (C=O) groups excluding carboxylic acids is 3. The summed E-state index contributed by atoms with van der Waals surface area (Å²) in [4.78, 5) is 49.5. The number of methoxy groups -OCH3 is 1. The Morgan fingerprint density at radius 1 is 1.19 bits per heavy atom. The molecule has 10 nitrogen and oxygen atoms in total. The molecule has 4 N–H and O–H groups in total. The van der Waals surface area contributed by atoms with Crippen molar-refractivity contribution in [1.29, 1.82) is 0 Å². The van der Waals surface area contributed by atoms with Crippen LogP contribution in [0.1, 0.15) is 53.4 Å². The third-order valence-corrected chi connectivity index (χ3v) is 5.66. The number of hydrogen-bond acceptors (Lipinski definition) is 6. The molecule has 0 aromatic carbocycles. The summed E-state index contributed by atoms with van der Waals surface area (Å²) < 4.78 is 5.42. The van der Waals surface area contributed by atoms with Crippen LogP contribution in [0.5, 0.6) is 0 Å². The van der Waals surface area contributed by atoms with Gasteiger partial charge in [0, 0.05) is 13.7 Å². The summed E-state index contributed by atoms with van der Waals surface area (Å²) in [5.74, 6) is -2.94. The van der Waals surface area contributed by atoms with Crippen molar-refractivity contribution in [1.82, 2.24) is 21.1 Å². The predicted octanol–water partition coefficient (Wildman–Crippen LogP) is 0.829. The number of hydrazine groups is 1. The number of nitrogens with zero attached hydrogens (tertiary/aromatic N) is 1. The molecular weight excluding hydrogens is 416 g/mol. The van der Waals surface area contributed by atoms with E-state index in [1.165, 1.54) is 11.9 Å². The molecule has 1 aliphatic rings. The van der Waals surface area contributed by atoms with Gasteiger partial charge >= 0.3 is 5.97 Å². The number of aliphatic carboxylic acids is 1. The van der Waals surface area contributed by atoms with E-state index < -0.39 is 41.8 Å². The molecule has 0 spiro atoms. The van der Waals surface area contributed by atoms with E-state index >= 15 is 0 Å². The predicted molar refractivity (Wildman–Crippen MR) is 119 cm³/mol. The smallest absolute Gasteiger partial charge is 0.322 e. The van der Waals surface area contributed by atoms with Crippen LogP contribution < -0.4 is 16.1 Å².